The van der Waals surface area contributed by atoms with Crippen LogP contribution in [-0.4, -0.2) is 91.2 Å². The fourth-order valence-electron chi connectivity index (χ4n) is 4.67. The maximum Gasteiger partial charge on any atom is 0.303 e. The van der Waals surface area contributed by atoms with Gasteiger partial charge in [0.25, 0.3) is 5.91 Å². The van der Waals surface area contributed by atoms with Crippen LogP contribution in [0.25, 0.3) is 0 Å². The fraction of sp³-hybridized carbons (Fsp3) is 0.636. The third-order valence-corrected chi connectivity index (χ3v) is 6.39. The van der Waals surface area contributed by atoms with Crippen LogP contribution in [0.15, 0.2) is 18.2 Å². The Morgan fingerprint density at radius 3 is 2.55 bits per heavy atom. The summed E-state index contributed by atoms with van der Waals surface area (Å²) in [4.78, 5) is 31.3. The second-order valence-electron chi connectivity index (χ2n) is 8.29. The minimum absolute atomic E-state index is 0.0166. The number of carbonyl (C=O) groups excluding carboxylic acids is 1. The van der Waals surface area contributed by atoms with Gasteiger partial charge in [-0.25, -0.2) is 0 Å². The maximum atomic E-state index is 13.3. The molecule has 1 N–H and O–H groups in total. The van der Waals surface area contributed by atoms with Crippen molar-refractivity contribution in [1.82, 2.24) is 14.7 Å². The molecule has 0 saturated carbocycles. The van der Waals surface area contributed by atoms with Gasteiger partial charge in [0.15, 0.2) is 0 Å². The molecule has 3 rings (SSSR count). The molecular formula is C22H33N3O4. The standard InChI is InChI=1S/C22H33N3O4/c1-16-5-4-6-19(29-3)21(16)22(28)25-10-9-18(17(15-25)7-8-20(26)27)24-13-11-23(2)12-14-24/h4-6,17-18H,7-15H2,1-3H3,(H,26,27)/t17-,18+/m1/s1. The van der Waals surface area contributed by atoms with E-state index in [-0.39, 0.29) is 18.2 Å². The molecule has 2 fully saturated rings. The van der Waals surface area contributed by atoms with E-state index in [2.05, 4.69) is 16.8 Å². The number of nitrogens with zero attached hydrogens (tertiary/aromatic N) is 3. The summed E-state index contributed by atoms with van der Waals surface area (Å²) in [6.45, 7) is 7.29. The number of likely N-dealkylation sites (N-methyl/N-ethyl adjacent to an activating group) is 1. The largest absolute Gasteiger partial charge is 0.496 e. The van der Waals surface area contributed by atoms with Crippen molar-refractivity contribution in [3.63, 3.8) is 0 Å². The number of carbonyl (C=O) groups is 2. The number of likely N-dealkylation sites (tertiary alicyclic amines) is 1. The SMILES string of the molecule is COc1cccc(C)c1C(=O)N1CC[C@H](N2CCN(C)CC2)[C@H](CCC(=O)O)C1. The smallest absolute Gasteiger partial charge is 0.303 e. The van der Waals surface area contributed by atoms with Crippen molar-refractivity contribution in [2.45, 2.75) is 32.2 Å². The lowest BCUT2D eigenvalue weighted by Gasteiger charge is -2.46. The molecule has 0 aliphatic carbocycles. The summed E-state index contributed by atoms with van der Waals surface area (Å²) in [5, 5.41) is 9.22. The zero-order valence-corrected chi connectivity index (χ0v) is 17.8. The molecule has 7 heteroatoms. The molecule has 1 aromatic rings. The highest BCUT2D eigenvalue weighted by Gasteiger charge is 2.36. The minimum atomic E-state index is -0.772. The predicted octanol–water partition coefficient (Wildman–Crippen LogP) is 1.95. The lowest BCUT2D eigenvalue weighted by atomic mass is 9.86. The number of benzene rings is 1. The summed E-state index contributed by atoms with van der Waals surface area (Å²) in [5.74, 6) is -0.0243. The van der Waals surface area contributed by atoms with Gasteiger partial charge in [-0.05, 0) is 44.4 Å². The first-order chi connectivity index (χ1) is 13.9. The van der Waals surface area contributed by atoms with Crippen LogP contribution in [0.5, 0.6) is 5.75 Å². The van der Waals surface area contributed by atoms with Gasteiger partial charge in [0.2, 0.25) is 0 Å². The third-order valence-electron chi connectivity index (χ3n) is 6.39. The van der Waals surface area contributed by atoms with Crippen molar-refractivity contribution in [2.24, 2.45) is 5.92 Å². The molecule has 1 aromatic carbocycles. The van der Waals surface area contributed by atoms with Gasteiger partial charge in [-0.1, -0.05) is 12.1 Å². The number of piperazine rings is 1. The molecule has 0 unspecified atom stereocenters. The van der Waals surface area contributed by atoms with E-state index in [0.29, 0.717) is 36.9 Å². The molecule has 160 valence electrons. The second kappa shape index (κ2) is 9.59. The summed E-state index contributed by atoms with van der Waals surface area (Å²) < 4.78 is 5.43. The number of aliphatic carboxylic acids is 1. The monoisotopic (exact) mass is 403 g/mol. The van der Waals surface area contributed by atoms with E-state index in [4.69, 9.17) is 4.74 Å². The van der Waals surface area contributed by atoms with Crippen LogP contribution in [-0.2, 0) is 4.79 Å². The van der Waals surface area contributed by atoms with Crippen LogP contribution in [0.3, 0.4) is 0 Å². The first kappa shape index (κ1) is 21.6. The van der Waals surface area contributed by atoms with E-state index in [0.717, 1.165) is 38.2 Å². The van der Waals surface area contributed by atoms with Crippen LogP contribution in [0.1, 0.15) is 35.2 Å². The Balaban J connectivity index is 1.76. The van der Waals surface area contributed by atoms with E-state index >= 15 is 0 Å². The average Bonchev–Trinajstić information content (AvgIpc) is 2.72. The highest BCUT2D eigenvalue weighted by Crippen LogP contribution is 2.30. The Morgan fingerprint density at radius 1 is 1.17 bits per heavy atom. The fourth-order valence-corrected chi connectivity index (χ4v) is 4.67. The summed E-state index contributed by atoms with van der Waals surface area (Å²) in [6, 6.07) is 5.97. The highest BCUT2D eigenvalue weighted by molar-refractivity contribution is 5.98. The number of ether oxygens (including phenoxy) is 1. The second-order valence-corrected chi connectivity index (χ2v) is 8.29. The quantitative estimate of drug-likeness (QED) is 0.783. The Morgan fingerprint density at radius 2 is 1.90 bits per heavy atom. The number of methoxy groups -OCH3 is 1. The summed E-state index contributed by atoms with van der Waals surface area (Å²) in [6.07, 6.45) is 1.62. The number of hydrogen-bond acceptors (Lipinski definition) is 5. The summed E-state index contributed by atoms with van der Waals surface area (Å²) in [5.41, 5.74) is 1.52. The predicted molar refractivity (Wildman–Crippen MR) is 111 cm³/mol. The highest BCUT2D eigenvalue weighted by atomic mass is 16.5. The number of hydrogen-bond donors (Lipinski definition) is 1. The van der Waals surface area contributed by atoms with Gasteiger partial charge in [-0.2, -0.15) is 0 Å². The number of carboxylic acid groups (broad SMARTS) is 1. The zero-order valence-electron chi connectivity index (χ0n) is 17.8. The van der Waals surface area contributed by atoms with Crippen molar-refractivity contribution in [1.29, 1.82) is 0 Å². The molecule has 1 amide bonds. The van der Waals surface area contributed by atoms with Crippen molar-refractivity contribution in [2.75, 3.05) is 53.4 Å². The first-order valence-electron chi connectivity index (χ1n) is 10.5. The van der Waals surface area contributed by atoms with E-state index in [1.165, 1.54) is 0 Å². The van der Waals surface area contributed by atoms with E-state index in [1.807, 2.05) is 30.0 Å². The van der Waals surface area contributed by atoms with Crippen LogP contribution >= 0.6 is 0 Å². The van der Waals surface area contributed by atoms with Gasteiger partial charge in [0, 0.05) is 51.7 Å². The molecule has 2 aliphatic rings. The lowest BCUT2D eigenvalue weighted by molar-refractivity contribution is -0.137. The van der Waals surface area contributed by atoms with Crippen LogP contribution in [0, 0.1) is 12.8 Å². The lowest BCUT2D eigenvalue weighted by Crippen LogP contribution is -2.57. The van der Waals surface area contributed by atoms with E-state index in [9.17, 15) is 14.7 Å². The van der Waals surface area contributed by atoms with Crippen LogP contribution in [0.4, 0.5) is 0 Å². The van der Waals surface area contributed by atoms with Crippen molar-refractivity contribution in [3.05, 3.63) is 29.3 Å². The number of carboxylic acids is 1. The molecule has 2 atom stereocenters. The zero-order chi connectivity index (χ0) is 21.0. The van der Waals surface area contributed by atoms with Crippen LogP contribution in [0.2, 0.25) is 0 Å². The molecule has 0 aromatic heterocycles. The van der Waals surface area contributed by atoms with E-state index < -0.39 is 5.97 Å². The molecule has 2 aliphatic heterocycles. The first-order valence-corrected chi connectivity index (χ1v) is 10.5. The summed E-state index contributed by atoms with van der Waals surface area (Å²) >= 11 is 0. The number of piperidine rings is 1. The van der Waals surface area contributed by atoms with Crippen molar-refractivity contribution < 1.29 is 19.4 Å². The van der Waals surface area contributed by atoms with Crippen molar-refractivity contribution in [3.8, 4) is 5.75 Å². The Bertz CT molecular complexity index is 731. The van der Waals surface area contributed by atoms with Gasteiger partial charge in [0.1, 0.15) is 5.75 Å². The average molecular weight is 404 g/mol. The van der Waals surface area contributed by atoms with Gasteiger partial charge in [0.05, 0.1) is 12.7 Å². The molecule has 0 bridgehead atoms. The third kappa shape index (κ3) is 5.08. The molecule has 2 heterocycles. The van der Waals surface area contributed by atoms with Gasteiger partial charge in [-0.15, -0.1) is 0 Å². The topological polar surface area (TPSA) is 73.3 Å². The Labute approximate surface area is 173 Å². The molecule has 2 saturated heterocycles. The molecule has 7 nitrogen and oxygen atoms in total. The summed E-state index contributed by atoms with van der Waals surface area (Å²) in [7, 11) is 3.72. The van der Waals surface area contributed by atoms with E-state index in [1.54, 1.807) is 7.11 Å². The number of aryl methyl sites for hydroxylation is 1. The Hall–Kier alpha value is -2.12. The van der Waals surface area contributed by atoms with Gasteiger partial charge < -0.3 is 19.6 Å². The van der Waals surface area contributed by atoms with Gasteiger partial charge >= 0.3 is 5.97 Å². The Kier molecular flexibility index (Phi) is 7.14. The number of rotatable bonds is 6. The van der Waals surface area contributed by atoms with Crippen LogP contribution < -0.4 is 4.74 Å². The minimum Gasteiger partial charge on any atom is -0.496 e. The van der Waals surface area contributed by atoms with Crippen molar-refractivity contribution >= 4 is 11.9 Å². The maximum absolute atomic E-state index is 13.3. The molecule has 0 spiro atoms. The number of amides is 1. The molecular weight excluding hydrogens is 370 g/mol. The molecule has 0 radical (unpaired) electrons. The normalized spacial score (nSPS) is 23.8. The van der Waals surface area contributed by atoms with Gasteiger partial charge in [-0.3, -0.25) is 14.5 Å². The molecule has 29 heavy (non-hydrogen) atoms.